The molecule has 1 aliphatic heterocycles. The van der Waals surface area contributed by atoms with E-state index in [1.165, 1.54) is 25.0 Å². The van der Waals surface area contributed by atoms with Crippen LogP contribution in [-0.4, -0.2) is 32.1 Å². The number of hydrogen-bond donors (Lipinski definition) is 2. The number of pyridine rings is 1. The largest absolute Gasteiger partial charge is 0.478 e. The smallest absolute Gasteiger partial charge is 0.335 e. The van der Waals surface area contributed by atoms with Crippen LogP contribution in [0.2, 0.25) is 5.02 Å². The Bertz CT molecular complexity index is 1160. The van der Waals surface area contributed by atoms with Crippen molar-refractivity contribution in [3.63, 3.8) is 0 Å². The predicted octanol–water partition coefficient (Wildman–Crippen LogP) is 5.61. The Kier molecular flexibility index (Phi) is 5.61. The van der Waals surface area contributed by atoms with E-state index >= 15 is 0 Å². The van der Waals surface area contributed by atoms with Gasteiger partial charge in [-0.05, 0) is 67.5 Å². The number of carboxylic acid groups (broad SMARTS) is 1. The Morgan fingerprint density at radius 1 is 1.19 bits per heavy atom. The first-order valence-corrected chi connectivity index (χ1v) is 11.4. The molecule has 1 saturated heterocycles. The van der Waals surface area contributed by atoms with Crippen LogP contribution in [0.3, 0.4) is 0 Å². The van der Waals surface area contributed by atoms with E-state index in [1.54, 1.807) is 12.3 Å². The first kappa shape index (κ1) is 21.0. The van der Waals surface area contributed by atoms with Crippen molar-refractivity contribution in [2.24, 2.45) is 0 Å². The van der Waals surface area contributed by atoms with Gasteiger partial charge in [-0.3, -0.25) is 4.98 Å². The highest BCUT2D eigenvalue weighted by atomic mass is 35.5. The fourth-order valence-corrected chi connectivity index (χ4v) is 5.35. The highest BCUT2D eigenvalue weighted by Crippen LogP contribution is 2.44. The molecule has 2 atom stereocenters. The Hall–Kier alpha value is -2.90. The van der Waals surface area contributed by atoms with Crippen LogP contribution in [0.25, 0.3) is 11.3 Å². The number of benzene rings is 1. The maximum absolute atomic E-state index is 11.4. The molecule has 3 heterocycles. The predicted molar refractivity (Wildman–Crippen MR) is 126 cm³/mol. The van der Waals surface area contributed by atoms with Gasteiger partial charge in [0.2, 0.25) is 0 Å². The van der Waals surface area contributed by atoms with Crippen molar-refractivity contribution in [2.75, 3.05) is 0 Å². The van der Waals surface area contributed by atoms with Gasteiger partial charge in [-0.1, -0.05) is 30.5 Å². The molecule has 2 aromatic heterocycles. The summed E-state index contributed by atoms with van der Waals surface area (Å²) in [4.78, 5) is 18.3. The molecule has 0 bridgehead atoms. The number of aromatic nitrogens is 1. The fourth-order valence-electron chi connectivity index (χ4n) is 4.75. The lowest BCUT2D eigenvalue weighted by atomic mass is 10.0. The van der Waals surface area contributed by atoms with E-state index in [-0.39, 0.29) is 17.6 Å². The number of halogens is 1. The van der Waals surface area contributed by atoms with Crippen LogP contribution in [0.4, 0.5) is 0 Å². The normalized spacial score (nSPS) is 21.2. The van der Waals surface area contributed by atoms with Gasteiger partial charge in [-0.15, -0.1) is 0 Å². The van der Waals surface area contributed by atoms with Crippen LogP contribution in [0, 0.1) is 0 Å². The average Bonchev–Trinajstić information content (AvgIpc) is 3.54. The quantitative estimate of drug-likeness (QED) is 0.472. The van der Waals surface area contributed by atoms with E-state index in [0.29, 0.717) is 27.5 Å². The number of thiocarbonyl (C=S) groups is 1. The Morgan fingerprint density at radius 2 is 2.00 bits per heavy atom. The number of carbonyl (C=O) groups is 1. The van der Waals surface area contributed by atoms with Gasteiger partial charge >= 0.3 is 5.97 Å². The summed E-state index contributed by atoms with van der Waals surface area (Å²) in [5.74, 6) is 0.256. The van der Waals surface area contributed by atoms with Gasteiger partial charge in [0.05, 0.1) is 22.3 Å². The lowest BCUT2D eigenvalue weighted by Crippen LogP contribution is -2.37. The third-order valence-corrected chi connectivity index (χ3v) is 6.91. The van der Waals surface area contributed by atoms with Gasteiger partial charge in [-0.2, -0.15) is 0 Å². The zero-order chi connectivity index (χ0) is 22.2. The van der Waals surface area contributed by atoms with Crippen LogP contribution in [0.15, 0.2) is 59.1 Å². The molecule has 1 aromatic carbocycles. The van der Waals surface area contributed by atoms with E-state index in [2.05, 4.69) is 15.2 Å². The summed E-state index contributed by atoms with van der Waals surface area (Å²) in [6, 6.07) is 14.3. The first-order chi connectivity index (χ1) is 15.5. The molecule has 164 valence electrons. The van der Waals surface area contributed by atoms with E-state index in [4.69, 9.17) is 28.2 Å². The molecule has 32 heavy (non-hydrogen) atoms. The number of furan rings is 1. The van der Waals surface area contributed by atoms with Gasteiger partial charge in [0.15, 0.2) is 5.11 Å². The van der Waals surface area contributed by atoms with Crippen LogP contribution in [0.5, 0.6) is 0 Å². The molecule has 5 rings (SSSR count). The van der Waals surface area contributed by atoms with Gasteiger partial charge < -0.3 is 19.7 Å². The van der Waals surface area contributed by atoms with Crippen molar-refractivity contribution in [2.45, 2.75) is 43.8 Å². The number of aromatic carboxylic acids is 1. The number of nitrogens with one attached hydrogen (secondary N) is 1. The van der Waals surface area contributed by atoms with Gasteiger partial charge in [-0.25, -0.2) is 4.79 Å². The first-order valence-electron chi connectivity index (χ1n) is 10.7. The number of carboxylic acids is 1. The fraction of sp³-hybridized carbons (Fsp3) is 0.292. The van der Waals surface area contributed by atoms with E-state index in [9.17, 15) is 9.90 Å². The van der Waals surface area contributed by atoms with Crippen molar-refractivity contribution in [3.8, 4) is 11.3 Å². The molecule has 0 radical (unpaired) electrons. The van der Waals surface area contributed by atoms with Crippen molar-refractivity contribution in [1.29, 1.82) is 0 Å². The standard InChI is InChI=1S/C24H22ClN3O3S/c25-17-9-8-14(23(29)30)13-16(17)19-10-11-20(31-19)22-21(18-7-3-4-12-26-18)27-24(32)28(22)15-5-1-2-6-15/h3-4,7-13,15,21-22H,1-2,5-6H2,(H,27,32)(H,29,30)/t21-,22+/m0/s1. The summed E-state index contributed by atoms with van der Waals surface area (Å²) < 4.78 is 6.31. The lowest BCUT2D eigenvalue weighted by molar-refractivity contribution is 0.0697. The molecule has 3 aromatic rings. The summed E-state index contributed by atoms with van der Waals surface area (Å²) in [5, 5.41) is 14.0. The molecular weight excluding hydrogens is 446 g/mol. The molecule has 2 fully saturated rings. The summed E-state index contributed by atoms with van der Waals surface area (Å²) in [6.07, 6.45) is 6.33. The minimum Gasteiger partial charge on any atom is -0.478 e. The Balaban J connectivity index is 1.56. The number of nitrogens with zero attached hydrogens (tertiary/aromatic N) is 2. The molecule has 6 nitrogen and oxygen atoms in total. The monoisotopic (exact) mass is 467 g/mol. The molecule has 2 aliphatic rings. The average molecular weight is 468 g/mol. The Labute approximate surface area is 196 Å². The molecule has 0 amide bonds. The van der Waals surface area contributed by atoms with Gasteiger partial charge in [0.25, 0.3) is 0 Å². The van der Waals surface area contributed by atoms with Crippen molar-refractivity contribution in [3.05, 3.63) is 76.8 Å². The molecule has 0 spiro atoms. The van der Waals surface area contributed by atoms with Gasteiger partial charge in [0.1, 0.15) is 17.6 Å². The summed E-state index contributed by atoms with van der Waals surface area (Å²) in [6.45, 7) is 0. The summed E-state index contributed by atoms with van der Waals surface area (Å²) in [7, 11) is 0. The minimum absolute atomic E-state index is 0.149. The van der Waals surface area contributed by atoms with Crippen LogP contribution < -0.4 is 5.32 Å². The van der Waals surface area contributed by atoms with E-state index < -0.39 is 5.97 Å². The molecule has 1 saturated carbocycles. The topological polar surface area (TPSA) is 78.6 Å². The highest BCUT2D eigenvalue weighted by Gasteiger charge is 2.45. The molecule has 8 heteroatoms. The molecular formula is C24H22ClN3O3S. The minimum atomic E-state index is -1.01. The van der Waals surface area contributed by atoms with E-state index in [0.717, 1.165) is 24.3 Å². The third-order valence-electron chi connectivity index (χ3n) is 6.25. The number of hydrogen-bond acceptors (Lipinski definition) is 4. The van der Waals surface area contributed by atoms with Gasteiger partial charge in [0, 0.05) is 17.8 Å². The molecule has 1 aliphatic carbocycles. The van der Waals surface area contributed by atoms with Crippen LogP contribution in [0.1, 0.15) is 59.6 Å². The van der Waals surface area contributed by atoms with Crippen molar-refractivity contribution in [1.82, 2.24) is 15.2 Å². The number of rotatable bonds is 5. The highest BCUT2D eigenvalue weighted by molar-refractivity contribution is 7.80. The Morgan fingerprint density at radius 3 is 2.72 bits per heavy atom. The zero-order valence-electron chi connectivity index (χ0n) is 17.2. The maximum atomic E-state index is 11.4. The third kappa shape index (κ3) is 3.76. The second-order valence-corrected chi connectivity index (χ2v) is 8.97. The second-order valence-electron chi connectivity index (χ2n) is 8.17. The SMILES string of the molecule is O=C(O)c1ccc(Cl)c(-c2ccc([C@@H]3[C@H](c4ccccn4)NC(=S)N3C3CCCC3)o2)c1. The van der Waals surface area contributed by atoms with E-state index in [1.807, 2.05) is 30.3 Å². The lowest BCUT2D eigenvalue weighted by Gasteiger charge is -2.31. The summed E-state index contributed by atoms with van der Waals surface area (Å²) >= 11 is 12.1. The van der Waals surface area contributed by atoms with Crippen LogP contribution in [-0.2, 0) is 0 Å². The zero-order valence-corrected chi connectivity index (χ0v) is 18.8. The van der Waals surface area contributed by atoms with Crippen LogP contribution >= 0.6 is 23.8 Å². The van der Waals surface area contributed by atoms with Crippen molar-refractivity contribution >= 4 is 34.9 Å². The summed E-state index contributed by atoms with van der Waals surface area (Å²) in [5.41, 5.74) is 1.60. The molecule has 2 N–H and O–H groups in total. The molecule has 0 unspecified atom stereocenters. The maximum Gasteiger partial charge on any atom is 0.335 e. The second kappa shape index (κ2) is 8.56. The van der Waals surface area contributed by atoms with Crippen molar-refractivity contribution < 1.29 is 14.3 Å².